The molecular formula is C20H16BrN3O5S. The molecule has 1 aromatic carbocycles. The van der Waals surface area contributed by atoms with E-state index in [1.807, 2.05) is 24.3 Å². The number of hydrogen-bond acceptors (Lipinski definition) is 7. The topological polar surface area (TPSA) is 107 Å². The molecule has 1 amide bonds. The molecule has 0 spiro atoms. The van der Waals surface area contributed by atoms with Gasteiger partial charge in [0.2, 0.25) is 4.80 Å². The molecule has 2 aromatic rings. The molecule has 0 atom stereocenters. The molecule has 30 heavy (non-hydrogen) atoms. The van der Waals surface area contributed by atoms with Crippen LogP contribution in [0, 0.1) is 6.92 Å². The van der Waals surface area contributed by atoms with E-state index in [1.165, 1.54) is 0 Å². The number of aromatic nitrogens is 1. The quantitative estimate of drug-likeness (QED) is 0.300. The number of amides is 1. The first-order valence-corrected chi connectivity index (χ1v) is 10.4. The Labute approximate surface area is 183 Å². The van der Waals surface area contributed by atoms with Gasteiger partial charge in [0.25, 0.3) is 5.91 Å². The van der Waals surface area contributed by atoms with Crippen molar-refractivity contribution in [3.05, 3.63) is 67.9 Å². The zero-order valence-electron chi connectivity index (χ0n) is 16.0. The summed E-state index contributed by atoms with van der Waals surface area (Å²) >= 11 is 4.41. The third kappa shape index (κ3) is 4.55. The highest BCUT2D eigenvalue weighted by molar-refractivity contribution is 9.10. The third-order valence-electron chi connectivity index (χ3n) is 4.04. The number of hydrogen-bond donors (Lipinski definition) is 1. The first-order valence-electron chi connectivity index (χ1n) is 8.79. The lowest BCUT2D eigenvalue weighted by Gasteiger charge is -2.08. The van der Waals surface area contributed by atoms with Crippen molar-refractivity contribution >= 4 is 50.7 Å². The lowest BCUT2D eigenvalue weighted by molar-refractivity contribution is -0.122. The van der Waals surface area contributed by atoms with Crippen LogP contribution in [-0.4, -0.2) is 34.6 Å². The maximum absolute atomic E-state index is 12.4. The Kier molecular flexibility index (Phi) is 6.58. The molecule has 0 radical (unpaired) electrons. The molecule has 0 bridgehead atoms. The van der Waals surface area contributed by atoms with E-state index in [4.69, 9.17) is 4.74 Å². The van der Waals surface area contributed by atoms with Gasteiger partial charge in [-0.25, -0.2) is 10.2 Å². The van der Waals surface area contributed by atoms with Gasteiger partial charge in [-0.15, -0.1) is 5.10 Å². The number of allylic oxidation sites excluding steroid dienone is 3. The number of nitrogens with zero attached hydrogens (tertiary/aromatic N) is 2. The van der Waals surface area contributed by atoms with Gasteiger partial charge in [-0.2, -0.15) is 0 Å². The van der Waals surface area contributed by atoms with Crippen LogP contribution in [0.15, 0.2) is 57.6 Å². The normalized spacial score (nSPS) is 14.0. The zero-order chi connectivity index (χ0) is 21.8. The minimum atomic E-state index is -0.816. The minimum Gasteiger partial charge on any atom is -0.462 e. The van der Waals surface area contributed by atoms with Crippen LogP contribution in [0.5, 0.6) is 0 Å². The molecule has 0 unspecified atom stereocenters. The Morgan fingerprint density at radius 1 is 1.20 bits per heavy atom. The number of rotatable bonds is 5. The SMILES string of the molecule is CCOC(=O)c1s/c(=N/NC(=O)C2=CC(=O)C=CC2=O)n(-c2ccc(Br)cc2)c1C. The van der Waals surface area contributed by atoms with Gasteiger partial charge in [-0.3, -0.25) is 19.0 Å². The van der Waals surface area contributed by atoms with Crippen molar-refractivity contribution in [2.24, 2.45) is 5.10 Å². The van der Waals surface area contributed by atoms with Crippen LogP contribution in [0.3, 0.4) is 0 Å². The van der Waals surface area contributed by atoms with E-state index in [9.17, 15) is 19.2 Å². The average molecular weight is 490 g/mol. The van der Waals surface area contributed by atoms with E-state index < -0.39 is 23.4 Å². The molecule has 154 valence electrons. The highest BCUT2D eigenvalue weighted by atomic mass is 79.9. The van der Waals surface area contributed by atoms with E-state index in [-0.39, 0.29) is 17.0 Å². The van der Waals surface area contributed by atoms with Crippen LogP contribution in [-0.2, 0) is 19.1 Å². The van der Waals surface area contributed by atoms with Gasteiger partial charge in [0.15, 0.2) is 11.6 Å². The van der Waals surface area contributed by atoms with Crippen LogP contribution in [0.4, 0.5) is 0 Å². The summed E-state index contributed by atoms with van der Waals surface area (Å²) in [5, 5.41) is 4.10. The van der Waals surface area contributed by atoms with Crippen LogP contribution in [0.2, 0.25) is 0 Å². The molecule has 8 nitrogen and oxygen atoms in total. The maximum atomic E-state index is 12.4. The second-order valence-corrected chi connectivity index (χ2v) is 7.94. The van der Waals surface area contributed by atoms with Gasteiger partial charge >= 0.3 is 5.97 Å². The molecule has 10 heteroatoms. The molecule has 0 saturated heterocycles. The summed E-state index contributed by atoms with van der Waals surface area (Å²) in [6.07, 6.45) is 3.08. The van der Waals surface area contributed by atoms with Crippen LogP contribution < -0.4 is 10.2 Å². The molecule has 1 aliphatic carbocycles. The van der Waals surface area contributed by atoms with Gasteiger partial charge in [-0.05, 0) is 50.3 Å². The zero-order valence-corrected chi connectivity index (χ0v) is 18.4. The van der Waals surface area contributed by atoms with Crippen molar-refractivity contribution in [2.75, 3.05) is 6.61 Å². The minimum absolute atomic E-state index is 0.218. The first-order chi connectivity index (χ1) is 14.3. The van der Waals surface area contributed by atoms with Crippen LogP contribution >= 0.6 is 27.3 Å². The third-order valence-corrected chi connectivity index (χ3v) is 5.69. The molecule has 0 fully saturated rings. The number of ketones is 2. The van der Waals surface area contributed by atoms with E-state index in [0.29, 0.717) is 16.3 Å². The standard InChI is InChI=1S/C20H16BrN3O5S/c1-3-29-19(28)17-11(2)24(13-6-4-12(21)5-7-13)20(30-17)23-22-18(27)15-10-14(25)8-9-16(15)26/h4-10H,3H2,1-2H3,(H,22,27)/b23-20+. The van der Waals surface area contributed by atoms with Gasteiger partial charge in [0.1, 0.15) is 4.88 Å². The lowest BCUT2D eigenvalue weighted by Crippen LogP contribution is -2.29. The van der Waals surface area contributed by atoms with Crippen molar-refractivity contribution in [3.8, 4) is 5.69 Å². The molecule has 1 aromatic heterocycles. The second-order valence-electron chi connectivity index (χ2n) is 6.04. The van der Waals surface area contributed by atoms with Gasteiger partial charge in [0, 0.05) is 21.9 Å². The number of thiazole rings is 1. The average Bonchev–Trinajstić information content (AvgIpc) is 3.05. The Hall–Kier alpha value is -3.11. The Morgan fingerprint density at radius 3 is 2.57 bits per heavy atom. The highest BCUT2D eigenvalue weighted by Gasteiger charge is 2.22. The number of nitrogens with one attached hydrogen (secondary N) is 1. The fraction of sp³-hybridized carbons (Fsp3) is 0.150. The monoisotopic (exact) mass is 489 g/mol. The smallest absolute Gasteiger partial charge is 0.350 e. The first kappa shape index (κ1) is 21.6. The Morgan fingerprint density at radius 2 is 1.90 bits per heavy atom. The van der Waals surface area contributed by atoms with E-state index in [1.54, 1.807) is 18.4 Å². The molecule has 1 aliphatic rings. The van der Waals surface area contributed by atoms with E-state index in [0.717, 1.165) is 34.0 Å². The van der Waals surface area contributed by atoms with E-state index in [2.05, 4.69) is 26.5 Å². The molecule has 3 rings (SSSR count). The van der Waals surface area contributed by atoms with Gasteiger partial charge < -0.3 is 4.74 Å². The predicted molar refractivity (Wildman–Crippen MR) is 113 cm³/mol. The molecular weight excluding hydrogens is 474 g/mol. The summed E-state index contributed by atoms with van der Waals surface area (Å²) in [5.74, 6) is -2.36. The van der Waals surface area contributed by atoms with Crippen molar-refractivity contribution in [1.82, 2.24) is 9.99 Å². The van der Waals surface area contributed by atoms with Crippen molar-refractivity contribution in [3.63, 3.8) is 0 Å². The van der Waals surface area contributed by atoms with Gasteiger partial charge in [0.05, 0.1) is 12.2 Å². The highest BCUT2D eigenvalue weighted by Crippen LogP contribution is 2.20. The lowest BCUT2D eigenvalue weighted by atomic mass is 10.0. The van der Waals surface area contributed by atoms with Crippen molar-refractivity contribution in [1.29, 1.82) is 0 Å². The maximum Gasteiger partial charge on any atom is 0.350 e. The second kappa shape index (κ2) is 9.14. The van der Waals surface area contributed by atoms with Crippen LogP contribution in [0.25, 0.3) is 5.69 Å². The number of carbonyl (C=O) groups excluding carboxylic acids is 4. The summed E-state index contributed by atoms with van der Waals surface area (Å²) in [6, 6.07) is 7.29. The van der Waals surface area contributed by atoms with Crippen LogP contribution in [0.1, 0.15) is 22.3 Å². The number of esters is 1. The van der Waals surface area contributed by atoms with Gasteiger partial charge in [-0.1, -0.05) is 27.3 Å². The van der Waals surface area contributed by atoms with Crippen molar-refractivity contribution < 1.29 is 23.9 Å². The molecule has 0 aliphatic heterocycles. The number of carbonyl (C=O) groups is 4. The summed E-state index contributed by atoms with van der Waals surface area (Å²) < 4.78 is 7.66. The largest absolute Gasteiger partial charge is 0.462 e. The summed E-state index contributed by atoms with van der Waals surface area (Å²) in [4.78, 5) is 48.6. The number of ether oxygens (including phenoxy) is 1. The number of halogens is 1. The molecule has 0 saturated carbocycles. The fourth-order valence-corrected chi connectivity index (χ4v) is 3.91. The van der Waals surface area contributed by atoms with Crippen molar-refractivity contribution in [2.45, 2.75) is 13.8 Å². The Balaban J connectivity index is 2.04. The molecule has 1 heterocycles. The predicted octanol–water partition coefficient (Wildman–Crippen LogP) is 2.35. The summed E-state index contributed by atoms with van der Waals surface area (Å²) in [7, 11) is 0. The summed E-state index contributed by atoms with van der Waals surface area (Å²) in [6.45, 7) is 3.66. The Bertz CT molecular complexity index is 1170. The fourth-order valence-electron chi connectivity index (χ4n) is 2.65. The summed E-state index contributed by atoms with van der Waals surface area (Å²) in [5.41, 5.74) is 3.28. The van der Waals surface area contributed by atoms with E-state index >= 15 is 0 Å². The number of benzene rings is 1. The molecule has 1 N–H and O–H groups in total.